The zero-order valence-electron chi connectivity index (χ0n) is 35.2. The number of fused-ring (bicyclic) bond motifs is 2. The summed E-state index contributed by atoms with van der Waals surface area (Å²) >= 11 is 0. The summed E-state index contributed by atoms with van der Waals surface area (Å²) in [5.74, 6) is -7.52. The van der Waals surface area contributed by atoms with Gasteiger partial charge in [-0.15, -0.1) is 0 Å². The average molecular weight is 988 g/mol. The Morgan fingerprint density at radius 1 is 0.723 bits per heavy atom. The van der Waals surface area contributed by atoms with Crippen LogP contribution in [0.5, 0.6) is 0 Å². The van der Waals surface area contributed by atoms with Crippen LogP contribution in [0.1, 0.15) is 82.7 Å². The lowest BCUT2D eigenvalue weighted by atomic mass is 9.76. The number of hydrogen-bond acceptors (Lipinski definition) is 14. The Bertz CT molecular complexity index is 2990. The summed E-state index contributed by atoms with van der Waals surface area (Å²) in [5.41, 5.74) is -1.72. The van der Waals surface area contributed by atoms with Crippen LogP contribution < -0.4 is 15.5 Å². The van der Waals surface area contributed by atoms with E-state index in [1.807, 2.05) is 0 Å². The number of carboxylic acids is 1. The van der Waals surface area contributed by atoms with Gasteiger partial charge in [-0.1, -0.05) is 13.8 Å². The molecular weight excluding hydrogens is 941 g/mol. The lowest BCUT2D eigenvalue weighted by molar-refractivity contribution is -0.437. The predicted molar refractivity (Wildman–Crippen MR) is 233 cm³/mol. The van der Waals surface area contributed by atoms with Gasteiger partial charge >= 0.3 is 5.97 Å². The third-order valence-electron chi connectivity index (χ3n) is 11.0. The number of hydrogen-bond donors (Lipinski definition) is 8. The predicted octanol–water partition coefficient (Wildman–Crippen LogP) is 1.55. The second-order valence-electron chi connectivity index (χ2n) is 16.4. The van der Waals surface area contributed by atoms with E-state index in [4.69, 9.17) is 4.55 Å². The van der Waals surface area contributed by atoms with E-state index in [1.54, 1.807) is 32.6 Å². The van der Waals surface area contributed by atoms with E-state index >= 15 is 0 Å². The van der Waals surface area contributed by atoms with Crippen LogP contribution in [0.4, 0.5) is 11.4 Å². The first-order valence-electron chi connectivity index (χ1n) is 19.5. The van der Waals surface area contributed by atoms with Crippen molar-refractivity contribution in [2.75, 3.05) is 54.1 Å². The van der Waals surface area contributed by atoms with Gasteiger partial charge in [0.2, 0.25) is 11.5 Å². The fourth-order valence-electron chi connectivity index (χ4n) is 7.99. The molecule has 0 atom stereocenters. The number of amides is 2. The van der Waals surface area contributed by atoms with Crippen molar-refractivity contribution in [1.29, 1.82) is 0 Å². The van der Waals surface area contributed by atoms with Crippen LogP contribution in [0.15, 0.2) is 65.1 Å². The van der Waals surface area contributed by atoms with E-state index in [-0.39, 0.29) is 70.7 Å². The molecule has 0 saturated heterocycles. The Morgan fingerprint density at radius 3 is 1.82 bits per heavy atom. The third kappa shape index (κ3) is 11.6. The summed E-state index contributed by atoms with van der Waals surface area (Å²) in [7, 11) is -18.0. The largest absolute Gasteiger partial charge is 0.506 e. The van der Waals surface area contributed by atoms with Crippen molar-refractivity contribution >= 4 is 81.1 Å². The van der Waals surface area contributed by atoms with Crippen LogP contribution in [0.3, 0.4) is 0 Å². The van der Waals surface area contributed by atoms with E-state index in [2.05, 4.69) is 10.6 Å². The van der Waals surface area contributed by atoms with Gasteiger partial charge in [0.25, 0.3) is 52.3 Å². The van der Waals surface area contributed by atoms with Crippen LogP contribution in [0.2, 0.25) is 0 Å². The second kappa shape index (κ2) is 18.1. The quantitative estimate of drug-likeness (QED) is 0.0562. The molecule has 0 bridgehead atoms. The van der Waals surface area contributed by atoms with Crippen molar-refractivity contribution < 1.29 is 85.8 Å². The minimum absolute atomic E-state index is 0.0193. The smallest absolute Gasteiger partial charge is 0.335 e. The van der Waals surface area contributed by atoms with E-state index < -0.39 is 117 Å². The van der Waals surface area contributed by atoms with Crippen molar-refractivity contribution in [1.82, 2.24) is 10.6 Å². The molecule has 65 heavy (non-hydrogen) atoms. The molecule has 26 heteroatoms. The molecule has 0 unspecified atom stereocenters. The summed E-state index contributed by atoms with van der Waals surface area (Å²) in [4.78, 5) is 54.9. The maximum atomic E-state index is 14.1. The molecule has 0 radical (unpaired) electrons. The van der Waals surface area contributed by atoms with Crippen molar-refractivity contribution in [3.63, 3.8) is 0 Å². The normalized spacial score (nSPS) is 18.2. The molecule has 0 saturated carbocycles. The Kier molecular flexibility index (Phi) is 14.1. The maximum Gasteiger partial charge on any atom is 0.335 e. The molecule has 0 spiro atoms. The number of carbonyl (C=O) groups excluding carboxylic acids is 3. The molecule has 2 heterocycles. The number of aliphatic hydroxyl groups is 1. The molecule has 5 rings (SSSR count). The lowest BCUT2D eigenvalue weighted by Gasteiger charge is -2.29. The second-order valence-corrected chi connectivity index (χ2v) is 22.7. The number of carbonyl (C=O) groups is 4. The number of aromatic carboxylic acids is 1. The van der Waals surface area contributed by atoms with E-state index in [0.29, 0.717) is 16.9 Å². The summed E-state index contributed by atoms with van der Waals surface area (Å²) in [5, 5.41) is 25.9. The van der Waals surface area contributed by atoms with Gasteiger partial charge in [0.1, 0.15) is 12.3 Å². The zero-order chi connectivity index (χ0) is 48.8. The van der Waals surface area contributed by atoms with Crippen LogP contribution >= 0.6 is 0 Å². The van der Waals surface area contributed by atoms with Crippen LogP contribution in [-0.2, 0) is 56.1 Å². The molecular formula is C39H47N4O18S4+. The Balaban J connectivity index is 1.67. The molecule has 22 nitrogen and oxygen atoms in total. The Labute approximate surface area is 374 Å². The van der Waals surface area contributed by atoms with Gasteiger partial charge in [-0.25, -0.2) is 4.79 Å². The Hall–Kier alpha value is -5.35. The van der Waals surface area contributed by atoms with Crippen LogP contribution in [-0.4, -0.2) is 145 Å². The maximum absolute atomic E-state index is 14.1. The standard InChI is InChI=1S/C39H46N4O18S4/c1-38(2)27-18-22(37(48)49)7-8-28(27)42(11-5-13-62(50,51)52)30(38)20-25-33(44)26(34(25)45)21-31-39(3,4)32-24(36(47)41-10-16-65(59,60)61)17-23(35(46)40-9-15-64(56,57)58)19-29(32)43(31)12-6-14-63(53,54)55/h7-8,17-21H,5-6,9-16H2,1-4H3,(H7-,40,41,44,45,46,47,48,49,50,51,52,53,54,55,56,57,58,59,60,61)/p+1. The molecule has 8 N–H and O–H groups in total. The van der Waals surface area contributed by atoms with Gasteiger partial charge in [0.05, 0.1) is 56.3 Å². The van der Waals surface area contributed by atoms with Crippen LogP contribution in [0.25, 0.3) is 0 Å². The lowest BCUT2D eigenvalue weighted by Crippen LogP contribution is -2.35. The molecule has 2 aromatic rings. The summed E-state index contributed by atoms with van der Waals surface area (Å²) < 4.78 is 131. The number of ketones is 1. The summed E-state index contributed by atoms with van der Waals surface area (Å²) in [6, 6.07) is 6.67. The van der Waals surface area contributed by atoms with Gasteiger partial charge < -0.3 is 25.7 Å². The number of nitrogens with one attached hydrogen (secondary N) is 2. The molecule has 2 aliphatic heterocycles. The topological polar surface area (TPSA) is 357 Å². The number of Topliss-reactive ketones (excluding diaryl/α,β-unsaturated/α-hetero) is 1. The fourth-order valence-corrected chi connectivity index (χ4v) is 9.70. The average Bonchev–Trinajstić information content (AvgIpc) is 3.50. The summed E-state index contributed by atoms with van der Waals surface area (Å²) in [6.45, 7) is 5.18. The molecule has 0 fully saturated rings. The van der Waals surface area contributed by atoms with E-state index in [9.17, 15) is 76.7 Å². The highest BCUT2D eigenvalue weighted by atomic mass is 32.2. The van der Waals surface area contributed by atoms with Crippen molar-refractivity contribution in [2.24, 2.45) is 0 Å². The SMILES string of the molecule is CC1(C)C(/C=C2\C(=O)C(/C=C3/N(CCCS(=O)(=O)O)c4ccc(C(=O)O)cc4C3(C)C)=C2O)=[N+](CCCS(=O)(=O)O)c2cc(C(=O)NCCS(=O)(=O)O)cc(C(=O)NCCS(=O)(=O)O)c21. The minimum atomic E-state index is -4.55. The Morgan fingerprint density at radius 2 is 1.28 bits per heavy atom. The number of benzene rings is 2. The van der Waals surface area contributed by atoms with Gasteiger partial charge in [0.15, 0.2) is 5.71 Å². The van der Waals surface area contributed by atoms with Crippen molar-refractivity contribution in [2.45, 2.75) is 51.4 Å². The molecule has 2 amide bonds. The first-order chi connectivity index (χ1) is 29.7. The minimum Gasteiger partial charge on any atom is -0.506 e. The third-order valence-corrected chi connectivity index (χ3v) is 14.1. The molecule has 1 aliphatic carbocycles. The van der Waals surface area contributed by atoms with Crippen LogP contribution in [0, 0.1) is 0 Å². The summed E-state index contributed by atoms with van der Waals surface area (Å²) in [6.07, 6.45) is 2.28. The number of aliphatic hydroxyl groups excluding tert-OH is 1. The number of anilines is 1. The molecule has 354 valence electrons. The first kappa shape index (κ1) is 50.6. The van der Waals surface area contributed by atoms with Gasteiger partial charge in [-0.2, -0.15) is 38.2 Å². The number of allylic oxidation sites excluding steroid dienone is 5. The van der Waals surface area contributed by atoms with Gasteiger partial charge in [-0.05, 0) is 56.2 Å². The van der Waals surface area contributed by atoms with Crippen molar-refractivity contribution in [3.8, 4) is 0 Å². The zero-order valence-corrected chi connectivity index (χ0v) is 38.5. The van der Waals surface area contributed by atoms with Gasteiger partial charge in [0, 0.05) is 60.6 Å². The number of nitrogens with zero attached hydrogens (tertiary/aromatic N) is 2. The number of rotatable bonds is 19. The van der Waals surface area contributed by atoms with Gasteiger partial charge in [-0.3, -0.25) is 32.6 Å². The highest BCUT2D eigenvalue weighted by Gasteiger charge is 2.50. The van der Waals surface area contributed by atoms with E-state index in [1.165, 1.54) is 41.0 Å². The fraction of sp³-hybridized carbons (Fsp3) is 0.410. The molecule has 0 aromatic heterocycles. The molecule has 3 aliphatic rings. The first-order valence-corrected chi connectivity index (χ1v) is 26.0. The molecule has 2 aromatic carbocycles. The highest BCUT2D eigenvalue weighted by molar-refractivity contribution is 7.86. The monoisotopic (exact) mass is 987 g/mol. The van der Waals surface area contributed by atoms with Crippen molar-refractivity contribution in [3.05, 3.63) is 92.9 Å². The van der Waals surface area contributed by atoms with E-state index in [0.717, 1.165) is 6.07 Å². The highest BCUT2D eigenvalue weighted by Crippen LogP contribution is 2.50. The number of carboxylic acid groups (broad SMARTS) is 1.